The molecule has 0 amide bonds. The van der Waals surface area contributed by atoms with Crippen LogP contribution >= 0.6 is 11.3 Å². The van der Waals surface area contributed by atoms with E-state index >= 15 is 0 Å². The summed E-state index contributed by atoms with van der Waals surface area (Å²) in [4.78, 5) is 5.62. The van der Waals surface area contributed by atoms with Gasteiger partial charge in [0.1, 0.15) is 0 Å². The molecular weight excluding hydrogens is 218 g/mol. The quantitative estimate of drug-likeness (QED) is 0.866. The number of hydrogen-bond donors (Lipinski definition) is 1. The fraction of sp³-hybridized carbons (Fsp3) is 0.583. The molecule has 0 saturated heterocycles. The Morgan fingerprint density at radius 1 is 1.44 bits per heavy atom. The van der Waals surface area contributed by atoms with Crippen molar-refractivity contribution in [1.29, 1.82) is 0 Å². The highest BCUT2D eigenvalue weighted by atomic mass is 32.1. The Balaban J connectivity index is 1.88. The number of nitrogens with one attached hydrogen (secondary N) is 1. The van der Waals surface area contributed by atoms with Gasteiger partial charge in [0, 0.05) is 30.4 Å². The molecule has 2 aromatic rings. The summed E-state index contributed by atoms with van der Waals surface area (Å²) >= 11 is 1.68. The average Bonchev–Trinajstić information content (AvgIpc) is 2.72. The fourth-order valence-electron chi connectivity index (χ4n) is 1.93. The van der Waals surface area contributed by atoms with Crippen LogP contribution in [0, 0.1) is 5.92 Å². The lowest BCUT2D eigenvalue weighted by Crippen LogP contribution is -2.26. The smallest absolute Gasteiger partial charge is 0.193 e. The molecule has 88 valence electrons. The predicted molar refractivity (Wildman–Crippen MR) is 68.8 cm³/mol. The second-order valence-electron chi connectivity index (χ2n) is 4.74. The van der Waals surface area contributed by atoms with E-state index < -0.39 is 0 Å². The van der Waals surface area contributed by atoms with Crippen molar-refractivity contribution in [3.8, 4) is 0 Å². The molecule has 1 N–H and O–H groups in total. The third-order valence-corrected chi connectivity index (χ3v) is 3.37. The Bertz CT molecular complexity index is 415. The number of imidazole rings is 1. The Labute approximate surface area is 101 Å². The minimum atomic E-state index is 0.555. The molecule has 0 aliphatic carbocycles. The lowest BCUT2D eigenvalue weighted by Gasteiger charge is -2.14. The molecule has 2 rings (SSSR count). The highest BCUT2D eigenvalue weighted by molar-refractivity contribution is 7.15. The number of hydrogen-bond acceptors (Lipinski definition) is 3. The van der Waals surface area contributed by atoms with Crippen molar-refractivity contribution in [2.75, 3.05) is 0 Å². The van der Waals surface area contributed by atoms with Crippen molar-refractivity contribution in [3.05, 3.63) is 23.5 Å². The third kappa shape index (κ3) is 2.83. The molecule has 3 nitrogen and oxygen atoms in total. The largest absolute Gasteiger partial charge is 0.309 e. The van der Waals surface area contributed by atoms with Crippen molar-refractivity contribution in [2.24, 2.45) is 5.92 Å². The summed E-state index contributed by atoms with van der Waals surface area (Å²) < 4.78 is 2.08. The zero-order valence-corrected chi connectivity index (χ0v) is 10.9. The van der Waals surface area contributed by atoms with Gasteiger partial charge in [-0.25, -0.2) is 4.98 Å². The summed E-state index contributed by atoms with van der Waals surface area (Å²) in [6.45, 7) is 7.61. The Hall–Kier alpha value is -0.870. The normalized spacial score (nSPS) is 13.8. The van der Waals surface area contributed by atoms with E-state index in [0.29, 0.717) is 6.04 Å². The molecule has 0 bridgehead atoms. The highest BCUT2D eigenvalue weighted by Gasteiger charge is 2.06. The van der Waals surface area contributed by atoms with E-state index in [1.807, 2.05) is 6.20 Å². The van der Waals surface area contributed by atoms with Crippen LogP contribution in [-0.4, -0.2) is 15.4 Å². The molecule has 0 aromatic carbocycles. The van der Waals surface area contributed by atoms with E-state index in [-0.39, 0.29) is 0 Å². The van der Waals surface area contributed by atoms with E-state index in [4.69, 9.17) is 0 Å². The molecule has 1 atom stereocenters. The van der Waals surface area contributed by atoms with Crippen molar-refractivity contribution in [1.82, 2.24) is 14.7 Å². The number of nitrogens with zero attached hydrogens (tertiary/aromatic N) is 2. The van der Waals surface area contributed by atoms with E-state index in [0.717, 1.165) is 23.1 Å². The molecule has 0 fully saturated rings. The fourth-order valence-corrected chi connectivity index (χ4v) is 2.65. The van der Waals surface area contributed by atoms with Crippen LogP contribution in [0.25, 0.3) is 4.96 Å². The van der Waals surface area contributed by atoms with Crippen LogP contribution in [0.5, 0.6) is 0 Å². The standard InChI is InChI=1S/C12H19N3S/c1-9(2)6-10(3)13-7-11-8-15-4-5-16-12(15)14-11/h4-5,8-10,13H,6-7H2,1-3H3. The van der Waals surface area contributed by atoms with E-state index in [1.165, 1.54) is 6.42 Å². The van der Waals surface area contributed by atoms with Gasteiger partial charge in [0.15, 0.2) is 4.96 Å². The van der Waals surface area contributed by atoms with Gasteiger partial charge < -0.3 is 5.32 Å². The molecular formula is C12H19N3S. The molecule has 0 aliphatic rings. The summed E-state index contributed by atoms with van der Waals surface area (Å²) in [5, 5.41) is 5.57. The number of thiazole rings is 1. The first-order chi connectivity index (χ1) is 7.65. The molecule has 2 heterocycles. The summed E-state index contributed by atoms with van der Waals surface area (Å²) in [5.41, 5.74) is 1.13. The van der Waals surface area contributed by atoms with Crippen molar-refractivity contribution >= 4 is 16.3 Å². The Morgan fingerprint density at radius 3 is 2.94 bits per heavy atom. The van der Waals surface area contributed by atoms with Crippen LogP contribution < -0.4 is 5.32 Å². The maximum Gasteiger partial charge on any atom is 0.193 e. The molecule has 0 saturated carbocycles. The highest BCUT2D eigenvalue weighted by Crippen LogP contribution is 2.11. The van der Waals surface area contributed by atoms with E-state index in [2.05, 4.69) is 47.0 Å². The molecule has 2 aromatic heterocycles. The number of fused-ring (bicyclic) bond motifs is 1. The van der Waals surface area contributed by atoms with Crippen LogP contribution in [-0.2, 0) is 6.54 Å². The first-order valence-corrected chi connectivity index (χ1v) is 6.67. The summed E-state index contributed by atoms with van der Waals surface area (Å²) in [6.07, 6.45) is 5.36. The third-order valence-electron chi connectivity index (χ3n) is 2.60. The van der Waals surface area contributed by atoms with Gasteiger partial charge in [0.05, 0.1) is 5.69 Å². The monoisotopic (exact) mass is 237 g/mol. The van der Waals surface area contributed by atoms with Gasteiger partial charge in [-0.15, -0.1) is 11.3 Å². The zero-order valence-electron chi connectivity index (χ0n) is 10.1. The molecule has 0 spiro atoms. The molecule has 16 heavy (non-hydrogen) atoms. The Kier molecular flexibility index (Phi) is 3.61. The minimum Gasteiger partial charge on any atom is -0.309 e. The summed E-state index contributed by atoms with van der Waals surface area (Å²) in [6, 6.07) is 0.555. The van der Waals surface area contributed by atoms with Crippen LogP contribution in [0.15, 0.2) is 17.8 Å². The first-order valence-electron chi connectivity index (χ1n) is 5.79. The predicted octanol–water partition coefficient (Wildman–Crippen LogP) is 2.92. The summed E-state index contributed by atoms with van der Waals surface area (Å²) in [7, 11) is 0. The van der Waals surface area contributed by atoms with Gasteiger partial charge >= 0.3 is 0 Å². The molecule has 0 radical (unpaired) electrons. The van der Waals surface area contributed by atoms with Gasteiger partial charge in [0.2, 0.25) is 0 Å². The summed E-state index contributed by atoms with van der Waals surface area (Å²) in [5.74, 6) is 0.744. The van der Waals surface area contributed by atoms with Gasteiger partial charge in [-0.3, -0.25) is 4.40 Å². The van der Waals surface area contributed by atoms with E-state index in [9.17, 15) is 0 Å². The maximum absolute atomic E-state index is 4.54. The SMILES string of the molecule is CC(C)CC(C)NCc1cn2ccsc2n1. The van der Waals surface area contributed by atoms with Crippen LogP contribution in [0.3, 0.4) is 0 Å². The van der Waals surface area contributed by atoms with Gasteiger partial charge in [-0.2, -0.15) is 0 Å². The maximum atomic E-state index is 4.54. The first kappa shape index (κ1) is 11.6. The van der Waals surface area contributed by atoms with Crippen LogP contribution in [0.2, 0.25) is 0 Å². The lowest BCUT2D eigenvalue weighted by molar-refractivity contribution is 0.440. The second kappa shape index (κ2) is 4.97. The number of rotatable bonds is 5. The second-order valence-corrected chi connectivity index (χ2v) is 5.61. The molecule has 0 aliphatic heterocycles. The molecule has 4 heteroatoms. The van der Waals surface area contributed by atoms with Gasteiger partial charge in [-0.1, -0.05) is 13.8 Å². The molecule has 1 unspecified atom stereocenters. The van der Waals surface area contributed by atoms with Crippen LogP contribution in [0.1, 0.15) is 32.9 Å². The minimum absolute atomic E-state index is 0.555. The lowest BCUT2D eigenvalue weighted by atomic mass is 10.1. The van der Waals surface area contributed by atoms with Crippen molar-refractivity contribution in [3.63, 3.8) is 0 Å². The average molecular weight is 237 g/mol. The Morgan fingerprint density at radius 2 is 2.25 bits per heavy atom. The number of aromatic nitrogens is 2. The van der Waals surface area contributed by atoms with Crippen LogP contribution in [0.4, 0.5) is 0 Å². The zero-order chi connectivity index (χ0) is 11.5. The van der Waals surface area contributed by atoms with Gasteiger partial charge in [-0.05, 0) is 19.3 Å². The topological polar surface area (TPSA) is 29.3 Å². The van der Waals surface area contributed by atoms with E-state index in [1.54, 1.807) is 11.3 Å². The van der Waals surface area contributed by atoms with Crippen molar-refractivity contribution < 1.29 is 0 Å². The van der Waals surface area contributed by atoms with Gasteiger partial charge in [0.25, 0.3) is 0 Å². The van der Waals surface area contributed by atoms with Crippen molar-refractivity contribution in [2.45, 2.75) is 39.8 Å².